The van der Waals surface area contributed by atoms with Crippen LogP contribution < -0.4 is 0 Å². The molecule has 0 spiro atoms. The van der Waals surface area contributed by atoms with Crippen LogP contribution in [0.25, 0.3) is 10.4 Å². The summed E-state index contributed by atoms with van der Waals surface area (Å²) in [5.74, 6) is -0.817. The number of carbonyl (C=O) groups excluding carboxylic acids is 1. The van der Waals surface area contributed by atoms with Crippen LogP contribution in [0.2, 0.25) is 0 Å². The summed E-state index contributed by atoms with van der Waals surface area (Å²) in [6.45, 7) is 1.54. The predicted octanol–water partition coefficient (Wildman–Crippen LogP) is -0.653. The van der Waals surface area contributed by atoms with E-state index in [9.17, 15) is 15.0 Å². The van der Waals surface area contributed by atoms with Gasteiger partial charge in [-0.3, -0.25) is 4.79 Å². The summed E-state index contributed by atoms with van der Waals surface area (Å²) in [6.07, 6.45) is -4.13. The molecule has 1 aliphatic heterocycles. The number of rotatable bonds is 3. The largest absolute Gasteiger partial charge is 0.469 e. The van der Waals surface area contributed by atoms with Gasteiger partial charge >= 0.3 is 5.97 Å². The highest BCUT2D eigenvalue weighted by Gasteiger charge is 2.46. The number of ether oxygens (including phenoxy) is 2. The monoisotopic (exact) mass is 231 g/mol. The molecule has 0 aromatic rings. The molecule has 1 saturated heterocycles. The average Bonchev–Trinajstić information content (AvgIpc) is 2.53. The maximum Gasteiger partial charge on any atom is 0.317 e. The van der Waals surface area contributed by atoms with Gasteiger partial charge in [-0.1, -0.05) is 5.11 Å². The second-order valence-corrected chi connectivity index (χ2v) is 3.46. The lowest BCUT2D eigenvalue weighted by atomic mass is 10.0. The van der Waals surface area contributed by atoms with Crippen molar-refractivity contribution in [1.82, 2.24) is 0 Å². The average molecular weight is 231 g/mol. The molecule has 1 aliphatic rings. The fourth-order valence-corrected chi connectivity index (χ4v) is 1.57. The first kappa shape index (κ1) is 12.7. The summed E-state index contributed by atoms with van der Waals surface area (Å²) >= 11 is 0. The predicted molar refractivity (Wildman–Crippen MR) is 51.3 cm³/mol. The van der Waals surface area contributed by atoms with Crippen molar-refractivity contribution in [3.8, 4) is 0 Å². The van der Waals surface area contributed by atoms with Crippen LogP contribution in [0.5, 0.6) is 0 Å². The SMILES string of the molecule is COC(=O)C(N=[N+]=[N-])[C@H]1O[C@@H](C)C(O)[C@H]1O. The van der Waals surface area contributed by atoms with Crippen molar-refractivity contribution in [3.05, 3.63) is 10.4 Å². The number of esters is 1. The van der Waals surface area contributed by atoms with Gasteiger partial charge in [0.2, 0.25) is 0 Å². The Morgan fingerprint density at radius 3 is 2.56 bits per heavy atom. The highest BCUT2D eigenvalue weighted by Crippen LogP contribution is 2.25. The molecule has 2 unspecified atom stereocenters. The number of nitrogens with zero attached hydrogens (tertiary/aromatic N) is 3. The molecule has 8 nitrogen and oxygen atoms in total. The molecule has 5 atom stereocenters. The van der Waals surface area contributed by atoms with Crippen molar-refractivity contribution in [3.63, 3.8) is 0 Å². The maximum absolute atomic E-state index is 11.3. The summed E-state index contributed by atoms with van der Waals surface area (Å²) in [6, 6.07) is -1.30. The minimum Gasteiger partial charge on any atom is -0.469 e. The van der Waals surface area contributed by atoms with E-state index in [1.165, 1.54) is 6.92 Å². The molecule has 0 aliphatic carbocycles. The number of hydrogen-bond donors (Lipinski definition) is 2. The van der Waals surface area contributed by atoms with E-state index < -0.39 is 36.4 Å². The van der Waals surface area contributed by atoms with E-state index in [1.807, 2.05) is 0 Å². The number of aliphatic hydroxyl groups excluding tert-OH is 2. The lowest BCUT2D eigenvalue weighted by Crippen LogP contribution is -2.42. The molecule has 0 aromatic heterocycles. The van der Waals surface area contributed by atoms with E-state index in [0.29, 0.717) is 0 Å². The van der Waals surface area contributed by atoms with E-state index in [4.69, 9.17) is 10.3 Å². The minimum absolute atomic E-state index is 0.638. The van der Waals surface area contributed by atoms with E-state index in [2.05, 4.69) is 14.8 Å². The highest BCUT2D eigenvalue weighted by atomic mass is 16.6. The van der Waals surface area contributed by atoms with E-state index in [0.717, 1.165) is 7.11 Å². The van der Waals surface area contributed by atoms with Gasteiger partial charge < -0.3 is 19.7 Å². The van der Waals surface area contributed by atoms with Gasteiger partial charge in [-0.2, -0.15) is 0 Å². The molecule has 1 fully saturated rings. The zero-order chi connectivity index (χ0) is 12.3. The number of aliphatic hydroxyl groups is 2. The number of azide groups is 1. The molecule has 90 valence electrons. The van der Waals surface area contributed by atoms with Crippen LogP contribution in [0.1, 0.15) is 6.92 Å². The van der Waals surface area contributed by atoms with Gasteiger partial charge in [0.1, 0.15) is 18.3 Å². The number of methoxy groups -OCH3 is 1. The van der Waals surface area contributed by atoms with Crippen molar-refractivity contribution in [2.75, 3.05) is 7.11 Å². The standard InChI is InChI=1S/C8H13N3O5/c1-3-5(12)6(13)7(16-3)4(10-11-9)8(14)15-2/h3-7,12-13H,1-2H3/t3-,4?,5?,6+,7+/m0/s1. The molecule has 8 heteroatoms. The van der Waals surface area contributed by atoms with Gasteiger partial charge in [0.25, 0.3) is 0 Å². The number of carbonyl (C=O) groups is 1. The van der Waals surface area contributed by atoms with Crippen molar-refractivity contribution in [1.29, 1.82) is 0 Å². The van der Waals surface area contributed by atoms with E-state index in [-0.39, 0.29) is 0 Å². The molecule has 0 bridgehead atoms. The minimum atomic E-state index is -1.30. The van der Waals surface area contributed by atoms with Crippen LogP contribution >= 0.6 is 0 Å². The van der Waals surface area contributed by atoms with Crippen LogP contribution in [0.4, 0.5) is 0 Å². The Labute approximate surface area is 91.4 Å². The van der Waals surface area contributed by atoms with Crippen LogP contribution in [0.15, 0.2) is 5.11 Å². The quantitative estimate of drug-likeness (QED) is 0.289. The second-order valence-electron chi connectivity index (χ2n) is 3.46. The highest BCUT2D eigenvalue weighted by molar-refractivity contribution is 5.76. The maximum atomic E-state index is 11.3. The lowest BCUT2D eigenvalue weighted by molar-refractivity contribution is -0.147. The molecule has 0 aromatic carbocycles. The number of hydrogen-bond acceptors (Lipinski definition) is 6. The van der Waals surface area contributed by atoms with Crippen molar-refractivity contribution < 1.29 is 24.5 Å². The first-order valence-electron chi connectivity index (χ1n) is 4.66. The van der Waals surface area contributed by atoms with Gasteiger partial charge in [-0.05, 0) is 12.5 Å². The van der Waals surface area contributed by atoms with Crippen molar-refractivity contribution in [2.45, 2.75) is 37.4 Å². The Hall–Kier alpha value is -1.34. The Morgan fingerprint density at radius 2 is 2.19 bits per heavy atom. The molecule has 16 heavy (non-hydrogen) atoms. The first-order valence-corrected chi connectivity index (χ1v) is 4.66. The summed E-state index contributed by atoms with van der Waals surface area (Å²) in [5, 5.41) is 22.3. The lowest BCUT2D eigenvalue weighted by Gasteiger charge is -2.19. The summed E-state index contributed by atoms with van der Waals surface area (Å²) in [4.78, 5) is 13.8. The van der Waals surface area contributed by atoms with Crippen LogP contribution in [0.3, 0.4) is 0 Å². The van der Waals surface area contributed by atoms with Gasteiger partial charge in [-0.25, -0.2) is 0 Å². The first-order chi connectivity index (χ1) is 7.52. The summed E-state index contributed by atoms with van der Waals surface area (Å²) in [7, 11) is 1.13. The zero-order valence-electron chi connectivity index (χ0n) is 8.85. The Morgan fingerprint density at radius 1 is 1.56 bits per heavy atom. The molecule has 0 radical (unpaired) electrons. The molecule has 1 rings (SSSR count). The normalized spacial score (nSPS) is 35.2. The van der Waals surface area contributed by atoms with Crippen molar-refractivity contribution >= 4 is 5.97 Å². The fourth-order valence-electron chi connectivity index (χ4n) is 1.57. The van der Waals surface area contributed by atoms with Gasteiger partial charge in [0.05, 0.1) is 13.2 Å². The van der Waals surface area contributed by atoms with E-state index >= 15 is 0 Å². The molecule has 2 N–H and O–H groups in total. The van der Waals surface area contributed by atoms with Gasteiger partial charge in [-0.15, -0.1) is 0 Å². The molecule has 0 amide bonds. The van der Waals surface area contributed by atoms with Crippen LogP contribution in [0, 0.1) is 0 Å². The Balaban J connectivity index is 2.88. The zero-order valence-corrected chi connectivity index (χ0v) is 8.85. The molecule has 1 heterocycles. The third-order valence-corrected chi connectivity index (χ3v) is 2.47. The molecule has 0 saturated carbocycles. The molecular weight excluding hydrogens is 218 g/mol. The molecular formula is C8H13N3O5. The fraction of sp³-hybridized carbons (Fsp3) is 0.875. The van der Waals surface area contributed by atoms with Crippen LogP contribution in [-0.4, -0.2) is 53.7 Å². The van der Waals surface area contributed by atoms with Gasteiger partial charge in [0, 0.05) is 4.91 Å². The summed E-state index contributed by atoms with van der Waals surface area (Å²) < 4.78 is 9.58. The third-order valence-electron chi connectivity index (χ3n) is 2.47. The summed E-state index contributed by atoms with van der Waals surface area (Å²) in [5.41, 5.74) is 8.31. The van der Waals surface area contributed by atoms with Crippen molar-refractivity contribution in [2.24, 2.45) is 5.11 Å². The van der Waals surface area contributed by atoms with E-state index in [1.54, 1.807) is 0 Å². The topological polar surface area (TPSA) is 125 Å². The Kier molecular flexibility index (Phi) is 4.08. The van der Waals surface area contributed by atoms with Crippen LogP contribution in [-0.2, 0) is 14.3 Å². The Bertz CT molecular complexity index is 317. The second kappa shape index (κ2) is 5.13. The smallest absolute Gasteiger partial charge is 0.317 e. The third kappa shape index (κ3) is 2.25. The van der Waals surface area contributed by atoms with Gasteiger partial charge in [0.15, 0.2) is 6.04 Å².